The summed E-state index contributed by atoms with van der Waals surface area (Å²) in [4.78, 5) is 0. The molecule has 0 aliphatic heterocycles. The van der Waals surface area contributed by atoms with Crippen LogP contribution in [0.3, 0.4) is 0 Å². The Bertz CT molecular complexity index is 315. The molecule has 84 valence electrons. The highest BCUT2D eigenvalue weighted by Gasteiger charge is 2.31. The molecule has 0 aromatic heterocycles. The smallest absolute Gasteiger partial charge is 0.235 e. The summed E-state index contributed by atoms with van der Waals surface area (Å²) in [5.41, 5.74) is 0.483. The first-order valence-corrected chi connectivity index (χ1v) is 8.13. The topological polar surface area (TPSA) is 9.23 Å². The third-order valence-electron chi connectivity index (χ3n) is 2.21. The van der Waals surface area contributed by atoms with E-state index in [-0.39, 0.29) is 11.9 Å². The molecule has 1 rings (SSSR count). The third-order valence-corrected chi connectivity index (χ3v) is 6.79. The lowest BCUT2D eigenvalue weighted by molar-refractivity contribution is 0.238. The van der Waals surface area contributed by atoms with Crippen molar-refractivity contribution in [1.82, 2.24) is 0 Å². The summed E-state index contributed by atoms with van der Waals surface area (Å²) in [6.45, 7) is 6.02. The minimum atomic E-state index is -2.09. The summed E-state index contributed by atoms with van der Waals surface area (Å²) >= 11 is 5.97. The molecule has 1 aromatic rings. The van der Waals surface area contributed by atoms with Gasteiger partial charge in [0.15, 0.2) is 0 Å². The van der Waals surface area contributed by atoms with Gasteiger partial charge in [-0.2, -0.15) is 0 Å². The Kier molecular flexibility index (Phi) is 4.31. The largest absolute Gasteiger partial charge is 0.409 e. The molecule has 0 aliphatic carbocycles. The molecule has 0 fully saturated rings. The molecule has 15 heavy (non-hydrogen) atoms. The Balaban J connectivity index is 2.95. The molecule has 0 saturated carbocycles. The quantitative estimate of drug-likeness (QED) is 0.587. The molecule has 0 spiro atoms. The zero-order chi connectivity index (χ0) is 11.5. The van der Waals surface area contributed by atoms with Gasteiger partial charge in [-0.05, 0) is 37.7 Å². The molecule has 1 unspecified atom stereocenters. The Morgan fingerprint density at radius 3 is 2.27 bits per heavy atom. The van der Waals surface area contributed by atoms with Gasteiger partial charge in [-0.3, -0.25) is 0 Å². The fraction of sp³-hybridized carbons (Fsp3) is 0.455. The lowest BCUT2D eigenvalue weighted by atomic mass is 10.3. The predicted molar refractivity (Wildman–Crippen MR) is 64.6 cm³/mol. The summed E-state index contributed by atoms with van der Waals surface area (Å²) in [6, 6.07) is 6.45. The van der Waals surface area contributed by atoms with Crippen LogP contribution >= 0.6 is 11.6 Å². The van der Waals surface area contributed by atoms with Crippen molar-refractivity contribution >= 4 is 25.1 Å². The summed E-state index contributed by atoms with van der Waals surface area (Å²) in [5, 5.41) is 1.03. The SMILES string of the molecule is CC(C)O[Si](C)(CCl)c1ccc(F)cc1. The highest BCUT2D eigenvalue weighted by Crippen LogP contribution is 2.11. The number of hydrogen-bond donors (Lipinski definition) is 0. The van der Waals surface area contributed by atoms with Crippen LogP contribution in [0.1, 0.15) is 13.8 Å². The average Bonchev–Trinajstić information content (AvgIpc) is 2.17. The molecular weight excluding hydrogens is 231 g/mol. The third kappa shape index (κ3) is 3.29. The fourth-order valence-corrected chi connectivity index (χ4v) is 4.42. The van der Waals surface area contributed by atoms with E-state index in [1.165, 1.54) is 12.1 Å². The van der Waals surface area contributed by atoms with Gasteiger partial charge >= 0.3 is 0 Å². The van der Waals surface area contributed by atoms with E-state index in [1.807, 2.05) is 20.4 Å². The van der Waals surface area contributed by atoms with Crippen molar-refractivity contribution in [2.45, 2.75) is 26.5 Å². The van der Waals surface area contributed by atoms with Crippen molar-refractivity contribution in [3.05, 3.63) is 30.1 Å². The van der Waals surface area contributed by atoms with E-state index in [0.29, 0.717) is 5.50 Å². The number of rotatable bonds is 4. The van der Waals surface area contributed by atoms with E-state index in [1.54, 1.807) is 12.1 Å². The maximum absolute atomic E-state index is 12.8. The van der Waals surface area contributed by atoms with E-state index in [2.05, 4.69) is 0 Å². The molecule has 1 nitrogen and oxygen atoms in total. The van der Waals surface area contributed by atoms with E-state index in [0.717, 1.165) is 5.19 Å². The highest BCUT2D eigenvalue weighted by molar-refractivity contribution is 6.90. The van der Waals surface area contributed by atoms with E-state index < -0.39 is 8.32 Å². The van der Waals surface area contributed by atoms with Gasteiger partial charge in [-0.15, -0.1) is 11.6 Å². The normalized spacial score (nSPS) is 15.3. The van der Waals surface area contributed by atoms with Crippen LogP contribution < -0.4 is 5.19 Å². The van der Waals surface area contributed by atoms with Crippen LogP contribution in [0.4, 0.5) is 4.39 Å². The lowest BCUT2D eigenvalue weighted by Crippen LogP contribution is -2.51. The van der Waals surface area contributed by atoms with Crippen LogP contribution in [-0.2, 0) is 4.43 Å². The van der Waals surface area contributed by atoms with E-state index >= 15 is 0 Å². The van der Waals surface area contributed by atoms with Gasteiger partial charge in [-0.25, -0.2) is 4.39 Å². The Morgan fingerprint density at radius 2 is 1.87 bits per heavy atom. The second-order valence-corrected chi connectivity index (χ2v) is 8.38. The van der Waals surface area contributed by atoms with Gasteiger partial charge in [0.1, 0.15) is 5.82 Å². The number of benzene rings is 1. The highest BCUT2D eigenvalue weighted by atomic mass is 35.5. The molecule has 0 saturated heterocycles. The van der Waals surface area contributed by atoms with Crippen molar-refractivity contribution in [3.63, 3.8) is 0 Å². The predicted octanol–water partition coefficient (Wildman–Crippen LogP) is 2.81. The minimum Gasteiger partial charge on any atom is -0.409 e. The first kappa shape index (κ1) is 12.7. The van der Waals surface area contributed by atoms with E-state index in [9.17, 15) is 4.39 Å². The fourth-order valence-electron chi connectivity index (χ4n) is 1.50. The van der Waals surface area contributed by atoms with Gasteiger partial charge in [0.2, 0.25) is 8.32 Å². The second-order valence-electron chi connectivity index (χ2n) is 4.04. The number of halogens is 2. The maximum Gasteiger partial charge on any atom is 0.235 e. The summed E-state index contributed by atoms with van der Waals surface area (Å²) in [5.74, 6) is -0.228. The van der Waals surface area contributed by atoms with Crippen LogP contribution in [0.25, 0.3) is 0 Å². The molecule has 0 aliphatic rings. The van der Waals surface area contributed by atoms with Crippen molar-refractivity contribution in [2.24, 2.45) is 0 Å². The summed E-state index contributed by atoms with van der Waals surface area (Å²) < 4.78 is 18.7. The number of alkyl halides is 1. The molecule has 4 heteroatoms. The molecule has 0 heterocycles. The van der Waals surface area contributed by atoms with Crippen molar-refractivity contribution in [2.75, 3.05) is 5.50 Å². The van der Waals surface area contributed by atoms with Crippen LogP contribution in [0.15, 0.2) is 24.3 Å². The first-order chi connectivity index (χ1) is 6.98. The monoisotopic (exact) mass is 246 g/mol. The molecule has 0 N–H and O–H groups in total. The van der Waals surface area contributed by atoms with Crippen molar-refractivity contribution in [1.29, 1.82) is 0 Å². The maximum atomic E-state index is 12.8. The van der Waals surface area contributed by atoms with Gasteiger partial charge in [0.05, 0.1) is 0 Å². The van der Waals surface area contributed by atoms with Gasteiger partial charge < -0.3 is 4.43 Å². The molecule has 0 radical (unpaired) electrons. The number of hydrogen-bond acceptors (Lipinski definition) is 1. The Labute approximate surface area is 96.3 Å². The van der Waals surface area contributed by atoms with Crippen LogP contribution in [-0.4, -0.2) is 19.9 Å². The average molecular weight is 247 g/mol. The van der Waals surface area contributed by atoms with Crippen LogP contribution in [0.2, 0.25) is 6.55 Å². The summed E-state index contributed by atoms with van der Waals surface area (Å²) in [6.07, 6.45) is 0.144. The van der Waals surface area contributed by atoms with Crippen molar-refractivity contribution < 1.29 is 8.82 Å². The summed E-state index contributed by atoms with van der Waals surface area (Å²) in [7, 11) is -2.09. The Morgan fingerprint density at radius 1 is 1.33 bits per heavy atom. The van der Waals surface area contributed by atoms with Crippen molar-refractivity contribution in [3.8, 4) is 0 Å². The van der Waals surface area contributed by atoms with Crippen LogP contribution in [0, 0.1) is 5.82 Å². The van der Waals surface area contributed by atoms with E-state index in [4.69, 9.17) is 16.0 Å². The minimum absolute atomic E-state index is 0.144. The van der Waals surface area contributed by atoms with Gasteiger partial charge in [0, 0.05) is 11.6 Å². The lowest BCUT2D eigenvalue weighted by Gasteiger charge is -2.27. The molecule has 0 bridgehead atoms. The zero-order valence-electron chi connectivity index (χ0n) is 9.26. The zero-order valence-corrected chi connectivity index (χ0v) is 11.0. The molecule has 1 aromatic carbocycles. The van der Waals surface area contributed by atoms with Gasteiger partial charge in [-0.1, -0.05) is 12.1 Å². The van der Waals surface area contributed by atoms with Crippen LogP contribution in [0.5, 0.6) is 0 Å². The molecular formula is C11H16ClFOSi. The standard InChI is InChI=1S/C11H16ClFOSi/c1-9(2)14-15(3,8-12)11-6-4-10(13)5-7-11/h4-7,9H,8H2,1-3H3. The van der Waals surface area contributed by atoms with Gasteiger partial charge in [0.25, 0.3) is 0 Å². The second kappa shape index (κ2) is 5.10. The molecule has 0 amide bonds. The molecule has 1 atom stereocenters. The first-order valence-electron chi connectivity index (χ1n) is 4.98. The Hall–Kier alpha value is -0.383.